The molecule has 0 heterocycles. The third-order valence-corrected chi connectivity index (χ3v) is 3.27. The first-order valence-corrected chi connectivity index (χ1v) is 5.94. The Morgan fingerprint density at radius 3 is 2.13 bits per heavy atom. The Kier molecular flexibility index (Phi) is 3.81. The first kappa shape index (κ1) is 12.1. The number of nitrogens with zero attached hydrogens (tertiary/aromatic N) is 1. The molecule has 1 aromatic carbocycles. The molecular weight excluding hydrogens is 218 g/mol. The van der Waals surface area contributed by atoms with Gasteiger partial charge in [0, 0.05) is 0 Å². The number of hydrogen-bond acceptors (Lipinski definition) is 4. The molecule has 0 atom stereocenters. The molecule has 0 aliphatic rings. The third kappa shape index (κ3) is 2.75. The maximum absolute atomic E-state index is 11.2. The van der Waals surface area contributed by atoms with Crippen LogP contribution in [0.5, 0.6) is 0 Å². The van der Waals surface area contributed by atoms with Crippen LogP contribution in [0.25, 0.3) is 0 Å². The van der Waals surface area contributed by atoms with Gasteiger partial charge >= 0.3 is 0 Å². The Morgan fingerprint density at radius 1 is 1.20 bits per heavy atom. The maximum atomic E-state index is 11.2. The van der Waals surface area contributed by atoms with Gasteiger partial charge in [0.15, 0.2) is 0 Å². The Bertz CT molecular complexity index is 410. The van der Waals surface area contributed by atoms with Crippen molar-refractivity contribution in [3.05, 3.63) is 29.8 Å². The van der Waals surface area contributed by atoms with Gasteiger partial charge in [-0.2, -0.15) is 0 Å². The first-order valence-electron chi connectivity index (χ1n) is 4.50. The highest BCUT2D eigenvalue weighted by Gasteiger charge is 2.20. The van der Waals surface area contributed by atoms with Gasteiger partial charge < -0.3 is 0 Å². The van der Waals surface area contributed by atoms with Gasteiger partial charge in [0.25, 0.3) is 10.0 Å². The summed E-state index contributed by atoms with van der Waals surface area (Å²) < 4.78 is 21.7. The highest BCUT2D eigenvalue weighted by Crippen LogP contribution is 2.14. The summed E-state index contributed by atoms with van der Waals surface area (Å²) in [6, 6.07) is 6.00. The average Bonchev–Trinajstić information content (AvgIpc) is 2.19. The predicted octanol–water partition coefficient (Wildman–Crippen LogP) is 1.41. The molecule has 0 saturated carbocycles. The van der Waals surface area contributed by atoms with Gasteiger partial charge in [-0.3, -0.25) is 10.4 Å². The summed E-state index contributed by atoms with van der Waals surface area (Å²) in [5.74, 6) is 0. The lowest BCUT2D eigenvalue weighted by molar-refractivity contribution is -0.226. The Labute approximate surface area is 88.5 Å². The lowest BCUT2D eigenvalue weighted by Crippen LogP contribution is -2.23. The van der Waals surface area contributed by atoms with Crippen molar-refractivity contribution in [3.63, 3.8) is 0 Å². The summed E-state index contributed by atoms with van der Waals surface area (Å²) in [6.45, 7) is 2.02. The van der Waals surface area contributed by atoms with Crippen molar-refractivity contribution in [1.82, 2.24) is 4.63 Å². The number of rotatable bonds is 4. The fourth-order valence-corrected chi connectivity index (χ4v) is 1.88. The van der Waals surface area contributed by atoms with Crippen molar-refractivity contribution in [1.29, 1.82) is 0 Å². The highest BCUT2D eigenvalue weighted by molar-refractivity contribution is 7.88. The highest BCUT2D eigenvalue weighted by atomic mass is 32.2. The molecule has 0 saturated heterocycles. The van der Waals surface area contributed by atoms with Crippen LogP contribution in [0.15, 0.2) is 29.2 Å². The monoisotopic (exact) mass is 231 g/mol. The van der Waals surface area contributed by atoms with Crippen LogP contribution in [0, 0.1) is 0 Å². The van der Waals surface area contributed by atoms with Crippen molar-refractivity contribution >= 4 is 10.0 Å². The van der Waals surface area contributed by atoms with Crippen LogP contribution in [0.1, 0.15) is 18.9 Å². The van der Waals surface area contributed by atoms with E-state index in [4.69, 9.17) is 10.4 Å². The van der Waals surface area contributed by atoms with Gasteiger partial charge in [-0.15, -0.1) is 0 Å². The van der Waals surface area contributed by atoms with E-state index in [1.807, 2.05) is 6.92 Å². The molecule has 5 nitrogen and oxygen atoms in total. The molecule has 0 aliphatic carbocycles. The molecule has 1 rings (SSSR count). The molecule has 84 valence electrons. The quantitative estimate of drug-likeness (QED) is 0.768. The molecule has 1 aromatic rings. The van der Waals surface area contributed by atoms with E-state index in [0.717, 1.165) is 18.4 Å². The Morgan fingerprint density at radius 2 is 1.73 bits per heavy atom. The van der Waals surface area contributed by atoms with Crippen LogP contribution in [0.4, 0.5) is 0 Å². The van der Waals surface area contributed by atoms with Gasteiger partial charge in [-0.1, -0.05) is 25.5 Å². The van der Waals surface area contributed by atoms with Gasteiger partial charge in [0.05, 0.1) is 9.53 Å². The molecule has 0 unspecified atom stereocenters. The number of benzene rings is 1. The standard InChI is InChI=1S/C9H13NO4S/c1-2-3-8-4-6-9(7-5-8)15(13,14)10(11)12/h4-7,11-12H,2-3H2,1H3. The third-order valence-electron chi connectivity index (χ3n) is 1.97. The van der Waals surface area contributed by atoms with Crippen molar-refractivity contribution < 1.29 is 18.8 Å². The van der Waals surface area contributed by atoms with Crippen molar-refractivity contribution in [2.45, 2.75) is 24.7 Å². The van der Waals surface area contributed by atoms with E-state index in [9.17, 15) is 8.42 Å². The van der Waals surface area contributed by atoms with Gasteiger partial charge in [-0.05, 0) is 24.1 Å². The summed E-state index contributed by atoms with van der Waals surface area (Å²) in [5.41, 5.74) is 1.01. The van der Waals surface area contributed by atoms with E-state index in [0.29, 0.717) is 0 Å². The summed E-state index contributed by atoms with van der Waals surface area (Å²) in [4.78, 5) is -0.146. The summed E-state index contributed by atoms with van der Waals surface area (Å²) in [5, 5.41) is 17.0. The molecule has 0 radical (unpaired) electrons. The van der Waals surface area contributed by atoms with E-state index < -0.39 is 14.7 Å². The summed E-state index contributed by atoms with van der Waals surface area (Å²) in [6.07, 6.45) is 1.83. The van der Waals surface area contributed by atoms with E-state index in [2.05, 4.69) is 0 Å². The van der Waals surface area contributed by atoms with E-state index in [1.165, 1.54) is 12.1 Å². The molecule has 0 aliphatic heterocycles. The zero-order valence-electron chi connectivity index (χ0n) is 8.29. The zero-order chi connectivity index (χ0) is 11.5. The largest absolute Gasteiger partial charge is 0.288 e. The van der Waals surface area contributed by atoms with Crippen LogP contribution in [-0.4, -0.2) is 23.5 Å². The molecule has 0 bridgehead atoms. The molecule has 0 spiro atoms. The molecule has 6 heteroatoms. The Balaban J connectivity index is 2.99. The van der Waals surface area contributed by atoms with Gasteiger partial charge in [0.2, 0.25) is 0 Å². The van der Waals surface area contributed by atoms with Crippen LogP contribution < -0.4 is 0 Å². The van der Waals surface area contributed by atoms with Crippen molar-refractivity contribution in [3.8, 4) is 0 Å². The predicted molar refractivity (Wildman–Crippen MR) is 53.0 cm³/mol. The van der Waals surface area contributed by atoms with Crippen LogP contribution in [0.3, 0.4) is 0 Å². The SMILES string of the molecule is CCCc1ccc(S(=O)(=O)N(O)O)cc1. The zero-order valence-corrected chi connectivity index (χ0v) is 9.11. The fourth-order valence-electron chi connectivity index (χ4n) is 1.21. The fraction of sp³-hybridized carbons (Fsp3) is 0.333. The molecule has 2 N–H and O–H groups in total. The van der Waals surface area contributed by atoms with E-state index in [1.54, 1.807) is 12.1 Å². The van der Waals surface area contributed by atoms with Crippen molar-refractivity contribution in [2.75, 3.05) is 0 Å². The second-order valence-electron chi connectivity index (χ2n) is 3.12. The minimum atomic E-state index is -4.16. The normalized spacial score (nSPS) is 12.0. The van der Waals surface area contributed by atoms with E-state index >= 15 is 0 Å². The summed E-state index contributed by atoms with van der Waals surface area (Å²) in [7, 11) is -4.16. The smallest absolute Gasteiger partial charge is 0.276 e. The van der Waals surface area contributed by atoms with E-state index in [-0.39, 0.29) is 4.90 Å². The topological polar surface area (TPSA) is 77.8 Å². The van der Waals surface area contributed by atoms with Gasteiger partial charge in [0.1, 0.15) is 0 Å². The second kappa shape index (κ2) is 4.71. The molecule has 0 fully saturated rings. The van der Waals surface area contributed by atoms with Crippen LogP contribution >= 0.6 is 0 Å². The number of hydrogen-bond donors (Lipinski definition) is 2. The van der Waals surface area contributed by atoms with Crippen LogP contribution in [0.2, 0.25) is 0 Å². The summed E-state index contributed by atoms with van der Waals surface area (Å²) >= 11 is 0. The minimum Gasteiger partial charge on any atom is -0.276 e. The lowest BCUT2D eigenvalue weighted by Gasteiger charge is -2.07. The van der Waals surface area contributed by atoms with Crippen LogP contribution in [-0.2, 0) is 16.4 Å². The molecule has 15 heavy (non-hydrogen) atoms. The maximum Gasteiger partial charge on any atom is 0.288 e. The Hall–Kier alpha value is -0.950. The van der Waals surface area contributed by atoms with Crippen molar-refractivity contribution in [2.24, 2.45) is 0 Å². The molecule has 0 aromatic heterocycles. The molecular formula is C9H13NO4S. The first-order chi connectivity index (χ1) is 6.98. The second-order valence-corrected chi connectivity index (χ2v) is 4.87. The minimum absolute atomic E-state index is 0.146. The lowest BCUT2D eigenvalue weighted by atomic mass is 10.1. The van der Waals surface area contributed by atoms with Gasteiger partial charge in [-0.25, -0.2) is 8.42 Å². The number of aryl methyl sites for hydroxylation is 1. The average molecular weight is 231 g/mol. The number of sulfonamides is 1. The molecule has 0 amide bonds.